The van der Waals surface area contributed by atoms with Crippen molar-refractivity contribution in [2.24, 2.45) is 4.99 Å². The first-order valence-electron chi connectivity index (χ1n) is 9.84. The minimum atomic E-state index is -3.66. The highest BCUT2D eigenvalue weighted by Gasteiger charge is 2.47. The number of amidine groups is 1. The molecule has 1 spiro atoms. The number of nitrogens with one attached hydrogen (secondary N) is 2. The van der Waals surface area contributed by atoms with Gasteiger partial charge < -0.3 is 10.1 Å². The number of ether oxygens (including phenoxy) is 1. The van der Waals surface area contributed by atoms with Gasteiger partial charge in [-0.05, 0) is 36.2 Å². The molecule has 0 aliphatic carbocycles. The summed E-state index contributed by atoms with van der Waals surface area (Å²) in [6.45, 7) is 2.29. The lowest BCUT2D eigenvalue weighted by Gasteiger charge is -2.30. The van der Waals surface area contributed by atoms with E-state index in [-0.39, 0.29) is 11.4 Å². The third kappa shape index (κ3) is 4.10. The van der Waals surface area contributed by atoms with Crippen molar-refractivity contribution in [2.75, 3.05) is 38.7 Å². The highest BCUT2D eigenvalue weighted by atomic mass is 35.5. The molecule has 160 valence electrons. The van der Waals surface area contributed by atoms with Gasteiger partial charge in [0.15, 0.2) is 0 Å². The summed E-state index contributed by atoms with van der Waals surface area (Å²) in [5.41, 5.74) is 1.50. The predicted molar refractivity (Wildman–Crippen MR) is 119 cm³/mol. The van der Waals surface area contributed by atoms with Crippen molar-refractivity contribution in [3.05, 3.63) is 59.1 Å². The second kappa shape index (κ2) is 8.64. The van der Waals surface area contributed by atoms with Crippen molar-refractivity contribution >= 4 is 33.1 Å². The molecule has 2 aromatic rings. The van der Waals surface area contributed by atoms with Gasteiger partial charge in [0.05, 0.1) is 23.6 Å². The third-order valence-corrected chi connectivity index (χ3v) is 7.65. The van der Waals surface area contributed by atoms with Crippen molar-refractivity contribution < 1.29 is 13.2 Å². The Hall–Kier alpha value is -1.97. The second-order valence-corrected chi connectivity index (χ2v) is 9.86. The van der Waals surface area contributed by atoms with Crippen LogP contribution >= 0.6 is 11.6 Å². The van der Waals surface area contributed by atoms with Gasteiger partial charge in [-0.25, -0.2) is 8.42 Å². The normalized spacial score (nSPS) is 23.3. The molecule has 4 rings (SSSR count). The molecule has 1 atom stereocenters. The molecule has 0 amide bonds. The molecule has 2 aliphatic heterocycles. The highest BCUT2D eigenvalue weighted by molar-refractivity contribution is 7.89. The van der Waals surface area contributed by atoms with Gasteiger partial charge in [0, 0.05) is 37.5 Å². The van der Waals surface area contributed by atoms with Crippen molar-refractivity contribution in [1.29, 1.82) is 0 Å². The van der Waals surface area contributed by atoms with Crippen LogP contribution in [0.1, 0.15) is 12.0 Å². The lowest BCUT2D eigenvalue weighted by atomic mass is 9.97. The number of para-hydroxylation sites is 1. The van der Waals surface area contributed by atoms with E-state index in [0.717, 1.165) is 17.1 Å². The van der Waals surface area contributed by atoms with Gasteiger partial charge in [0.1, 0.15) is 5.84 Å². The van der Waals surface area contributed by atoms with Gasteiger partial charge in [-0.15, -0.1) is 0 Å². The maximum absolute atomic E-state index is 13.2. The fourth-order valence-electron chi connectivity index (χ4n) is 3.93. The van der Waals surface area contributed by atoms with E-state index in [1.165, 1.54) is 10.4 Å². The van der Waals surface area contributed by atoms with Gasteiger partial charge in [-0.1, -0.05) is 35.9 Å². The second-order valence-electron chi connectivity index (χ2n) is 7.49. The Kier molecular flexibility index (Phi) is 6.13. The van der Waals surface area contributed by atoms with Crippen molar-refractivity contribution in [1.82, 2.24) is 9.62 Å². The third-order valence-electron chi connectivity index (χ3n) is 5.57. The zero-order chi connectivity index (χ0) is 21.2. The molecule has 1 fully saturated rings. The minimum absolute atomic E-state index is 0.204. The monoisotopic (exact) mass is 448 g/mol. The summed E-state index contributed by atoms with van der Waals surface area (Å²) in [4.78, 5) is 4.95. The van der Waals surface area contributed by atoms with E-state index in [1.807, 2.05) is 18.2 Å². The number of hydrogen-bond acceptors (Lipinski definition) is 5. The number of halogens is 1. The van der Waals surface area contributed by atoms with Crippen LogP contribution in [0.4, 0.5) is 5.69 Å². The van der Waals surface area contributed by atoms with E-state index in [4.69, 9.17) is 21.3 Å². The van der Waals surface area contributed by atoms with Gasteiger partial charge in [-0.2, -0.15) is 4.31 Å². The number of sulfonamides is 1. The topological polar surface area (TPSA) is 83.0 Å². The number of methoxy groups -OCH3 is 1. The number of hydrogen-bond donors (Lipinski definition) is 2. The van der Waals surface area contributed by atoms with Crippen LogP contribution in [0.3, 0.4) is 0 Å². The van der Waals surface area contributed by atoms with E-state index >= 15 is 0 Å². The largest absolute Gasteiger partial charge is 0.383 e. The van der Waals surface area contributed by atoms with Gasteiger partial charge in [0.25, 0.3) is 0 Å². The SMILES string of the molecule is COCCN=C1Nc2ccccc2CNC12CCN(S(=O)(=O)c1cccc(Cl)c1)C2. The Morgan fingerprint density at radius 2 is 2.07 bits per heavy atom. The average molecular weight is 449 g/mol. The fraction of sp³-hybridized carbons (Fsp3) is 0.381. The number of aliphatic imine (C=N–C) groups is 1. The molecule has 30 heavy (non-hydrogen) atoms. The number of anilines is 1. The summed E-state index contributed by atoms with van der Waals surface area (Å²) in [7, 11) is -2.03. The van der Waals surface area contributed by atoms with Gasteiger partial charge in [-0.3, -0.25) is 10.3 Å². The number of benzene rings is 2. The van der Waals surface area contributed by atoms with Crippen LogP contribution in [-0.2, 0) is 21.3 Å². The first kappa shape index (κ1) is 21.3. The van der Waals surface area contributed by atoms with Crippen molar-refractivity contribution in [3.8, 4) is 0 Å². The standard InChI is InChI=1S/C21H25ClN4O3S/c1-29-12-10-23-20-21(24-14-16-5-2-3-8-19(16)25-20)9-11-26(15-21)30(27,28)18-7-4-6-17(22)13-18/h2-8,13,24H,9-12,14-15H2,1H3,(H,23,25). The summed E-state index contributed by atoms with van der Waals surface area (Å²) in [5.74, 6) is 0.744. The molecule has 9 heteroatoms. The lowest BCUT2D eigenvalue weighted by molar-refractivity contribution is 0.207. The van der Waals surface area contributed by atoms with E-state index in [0.29, 0.717) is 37.7 Å². The highest BCUT2D eigenvalue weighted by Crippen LogP contribution is 2.32. The van der Waals surface area contributed by atoms with Crippen LogP contribution in [0.2, 0.25) is 5.02 Å². The molecule has 7 nitrogen and oxygen atoms in total. The van der Waals surface area contributed by atoms with Crippen LogP contribution in [0.5, 0.6) is 0 Å². The molecular weight excluding hydrogens is 424 g/mol. The smallest absolute Gasteiger partial charge is 0.243 e. The molecule has 2 aromatic carbocycles. The maximum atomic E-state index is 13.2. The molecule has 0 bridgehead atoms. The molecule has 0 radical (unpaired) electrons. The maximum Gasteiger partial charge on any atom is 0.243 e. The lowest BCUT2D eigenvalue weighted by Crippen LogP contribution is -2.55. The Bertz CT molecular complexity index is 1060. The first-order chi connectivity index (χ1) is 14.4. The van der Waals surface area contributed by atoms with E-state index in [1.54, 1.807) is 25.3 Å². The summed E-state index contributed by atoms with van der Waals surface area (Å²) < 4.78 is 33.2. The molecule has 2 N–H and O–H groups in total. The zero-order valence-electron chi connectivity index (χ0n) is 16.8. The van der Waals surface area contributed by atoms with Crippen LogP contribution < -0.4 is 10.6 Å². The summed E-state index contributed by atoms with van der Waals surface area (Å²) in [6.07, 6.45) is 0.611. The van der Waals surface area contributed by atoms with E-state index in [9.17, 15) is 8.42 Å². The molecule has 1 unspecified atom stereocenters. The van der Waals surface area contributed by atoms with Crippen molar-refractivity contribution in [3.63, 3.8) is 0 Å². The fourth-order valence-corrected chi connectivity index (χ4v) is 5.73. The number of fused-ring (bicyclic) bond motifs is 1. The molecule has 2 heterocycles. The Morgan fingerprint density at radius 3 is 2.87 bits per heavy atom. The first-order valence-corrected chi connectivity index (χ1v) is 11.7. The molecule has 0 saturated carbocycles. The molecule has 0 aromatic heterocycles. The predicted octanol–water partition coefficient (Wildman–Crippen LogP) is 2.73. The number of rotatable bonds is 5. The molecule has 2 aliphatic rings. The summed E-state index contributed by atoms with van der Waals surface area (Å²) in [6, 6.07) is 14.4. The van der Waals surface area contributed by atoms with Crippen LogP contribution in [-0.4, -0.2) is 57.4 Å². The van der Waals surface area contributed by atoms with Crippen molar-refractivity contribution in [2.45, 2.75) is 23.4 Å². The Labute approximate surface area is 182 Å². The van der Waals surface area contributed by atoms with E-state index in [2.05, 4.69) is 16.7 Å². The summed E-state index contributed by atoms with van der Waals surface area (Å²) >= 11 is 6.03. The van der Waals surface area contributed by atoms with E-state index < -0.39 is 15.6 Å². The van der Waals surface area contributed by atoms with Gasteiger partial charge >= 0.3 is 0 Å². The van der Waals surface area contributed by atoms with Crippen LogP contribution in [0.25, 0.3) is 0 Å². The van der Waals surface area contributed by atoms with Crippen LogP contribution in [0, 0.1) is 0 Å². The van der Waals surface area contributed by atoms with Gasteiger partial charge in [0.2, 0.25) is 10.0 Å². The van der Waals surface area contributed by atoms with Crippen LogP contribution in [0.15, 0.2) is 58.4 Å². The zero-order valence-corrected chi connectivity index (χ0v) is 18.3. The Balaban J connectivity index is 1.66. The number of nitrogens with zero attached hydrogens (tertiary/aromatic N) is 2. The summed E-state index contributed by atoms with van der Waals surface area (Å²) in [5, 5.41) is 7.45. The quantitative estimate of drug-likeness (QED) is 0.687. The minimum Gasteiger partial charge on any atom is -0.383 e. The Morgan fingerprint density at radius 1 is 1.23 bits per heavy atom. The molecule has 1 saturated heterocycles. The average Bonchev–Trinajstić information content (AvgIpc) is 3.12. The molecular formula is C21H25ClN4O3S.